The molecule has 0 heterocycles. The van der Waals surface area contributed by atoms with E-state index in [1.807, 2.05) is 6.07 Å². The van der Waals surface area contributed by atoms with Gasteiger partial charge in [0.1, 0.15) is 10.7 Å². The zero-order valence-electron chi connectivity index (χ0n) is 10.7. The highest BCUT2D eigenvalue weighted by molar-refractivity contribution is 7.89. The van der Waals surface area contributed by atoms with Crippen molar-refractivity contribution >= 4 is 21.6 Å². The van der Waals surface area contributed by atoms with Crippen LogP contribution >= 0.6 is 11.6 Å². The molecule has 2 rings (SSSR count). The van der Waals surface area contributed by atoms with E-state index in [1.165, 1.54) is 36.4 Å². The van der Waals surface area contributed by atoms with Gasteiger partial charge < -0.3 is 0 Å². The standard InChI is InChI=1S/C14H10ClFN2O2S/c15-13-5-4-10(8-17)7-14(13)21(19,20)18-9-11-2-1-3-12(16)6-11/h1-7,18H,9H2. The highest BCUT2D eigenvalue weighted by atomic mass is 35.5. The molecule has 0 unspecified atom stereocenters. The maximum absolute atomic E-state index is 13.0. The molecule has 2 aromatic carbocycles. The molecule has 0 saturated carbocycles. The Hall–Kier alpha value is -1.94. The van der Waals surface area contributed by atoms with Gasteiger partial charge >= 0.3 is 0 Å². The summed E-state index contributed by atoms with van der Waals surface area (Å²) in [5.74, 6) is -0.448. The average Bonchev–Trinajstić information content (AvgIpc) is 2.46. The summed E-state index contributed by atoms with van der Waals surface area (Å²) in [6.45, 7) is -0.0762. The molecule has 0 radical (unpaired) electrons. The first kappa shape index (κ1) is 15.4. The van der Waals surface area contributed by atoms with E-state index >= 15 is 0 Å². The SMILES string of the molecule is N#Cc1ccc(Cl)c(S(=O)(=O)NCc2cccc(F)c2)c1. The first-order valence-corrected chi connectivity index (χ1v) is 7.72. The van der Waals surface area contributed by atoms with Crippen LogP contribution in [-0.2, 0) is 16.6 Å². The Kier molecular flexibility index (Phi) is 4.58. The molecule has 108 valence electrons. The minimum absolute atomic E-state index is 0.0146. The Morgan fingerprint density at radius 2 is 2.00 bits per heavy atom. The van der Waals surface area contributed by atoms with Crippen LogP contribution in [0.1, 0.15) is 11.1 Å². The third-order valence-corrected chi connectivity index (χ3v) is 4.59. The summed E-state index contributed by atoms with van der Waals surface area (Å²) in [5.41, 5.74) is 0.664. The topological polar surface area (TPSA) is 70.0 Å². The molecule has 4 nitrogen and oxygen atoms in total. The monoisotopic (exact) mass is 324 g/mol. The highest BCUT2D eigenvalue weighted by Gasteiger charge is 2.18. The second-order valence-corrected chi connectivity index (χ2v) is 6.35. The lowest BCUT2D eigenvalue weighted by atomic mass is 10.2. The van der Waals surface area contributed by atoms with E-state index in [0.29, 0.717) is 5.56 Å². The van der Waals surface area contributed by atoms with E-state index in [1.54, 1.807) is 6.07 Å². The number of benzene rings is 2. The Morgan fingerprint density at radius 1 is 1.24 bits per heavy atom. The number of nitriles is 1. The van der Waals surface area contributed by atoms with Crippen LogP contribution in [0.25, 0.3) is 0 Å². The minimum Gasteiger partial charge on any atom is -0.207 e. The average molecular weight is 325 g/mol. The fourth-order valence-corrected chi connectivity index (χ4v) is 3.22. The molecule has 7 heteroatoms. The van der Waals surface area contributed by atoms with Gasteiger partial charge in [-0.15, -0.1) is 0 Å². The Labute approximate surface area is 126 Å². The number of nitrogens with zero attached hydrogens (tertiary/aromatic N) is 1. The van der Waals surface area contributed by atoms with Gasteiger partial charge in [-0.25, -0.2) is 17.5 Å². The Bertz CT molecular complexity index is 816. The van der Waals surface area contributed by atoms with Gasteiger partial charge in [0.25, 0.3) is 0 Å². The molecule has 2 aromatic rings. The largest absolute Gasteiger partial charge is 0.242 e. The van der Waals surface area contributed by atoms with E-state index in [-0.39, 0.29) is 22.0 Å². The summed E-state index contributed by atoms with van der Waals surface area (Å²) in [4.78, 5) is -0.181. The number of rotatable bonds is 4. The molecule has 0 spiro atoms. The molecule has 0 aromatic heterocycles. The zero-order valence-corrected chi connectivity index (χ0v) is 12.2. The van der Waals surface area contributed by atoms with Crippen molar-refractivity contribution in [3.63, 3.8) is 0 Å². The molecular weight excluding hydrogens is 315 g/mol. The van der Waals surface area contributed by atoms with E-state index < -0.39 is 15.8 Å². The molecule has 0 saturated heterocycles. The smallest absolute Gasteiger partial charge is 0.207 e. The Balaban J connectivity index is 2.25. The first-order valence-electron chi connectivity index (χ1n) is 5.86. The van der Waals surface area contributed by atoms with Gasteiger partial charge in [-0.1, -0.05) is 23.7 Å². The lowest BCUT2D eigenvalue weighted by molar-refractivity contribution is 0.580. The van der Waals surface area contributed by atoms with E-state index in [9.17, 15) is 12.8 Å². The maximum Gasteiger partial charge on any atom is 0.242 e. The fourth-order valence-electron chi connectivity index (χ4n) is 1.68. The molecule has 0 aliphatic heterocycles. The second kappa shape index (κ2) is 6.22. The van der Waals surface area contributed by atoms with Crippen LogP contribution in [0.4, 0.5) is 4.39 Å². The van der Waals surface area contributed by atoms with Gasteiger partial charge in [0.05, 0.1) is 16.7 Å². The van der Waals surface area contributed by atoms with Crippen molar-refractivity contribution < 1.29 is 12.8 Å². The van der Waals surface area contributed by atoms with Crippen LogP contribution in [0.5, 0.6) is 0 Å². The summed E-state index contributed by atoms with van der Waals surface area (Å²) in [7, 11) is -3.89. The molecule has 0 bridgehead atoms. The second-order valence-electron chi connectivity index (χ2n) is 4.21. The van der Waals surface area contributed by atoms with Crippen LogP contribution in [0, 0.1) is 17.1 Å². The van der Waals surface area contributed by atoms with E-state index in [2.05, 4.69) is 4.72 Å². The molecule has 0 aliphatic carbocycles. The number of nitrogens with one attached hydrogen (secondary N) is 1. The molecule has 0 atom stereocenters. The zero-order chi connectivity index (χ0) is 15.5. The van der Waals surface area contributed by atoms with Gasteiger partial charge in [0, 0.05) is 6.54 Å². The Morgan fingerprint density at radius 3 is 2.67 bits per heavy atom. The van der Waals surface area contributed by atoms with Crippen molar-refractivity contribution in [3.05, 3.63) is 64.4 Å². The van der Waals surface area contributed by atoms with Gasteiger partial charge in [0.15, 0.2) is 0 Å². The fraction of sp³-hybridized carbons (Fsp3) is 0.0714. The van der Waals surface area contributed by atoms with Gasteiger partial charge in [-0.05, 0) is 35.9 Å². The molecule has 0 amide bonds. The van der Waals surface area contributed by atoms with Crippen LogP contribution < -0.4 is 4.72 Å². The summed E-state index contributed by atoms with van der Waals surface area (Å²) in [5, 5.41) is 8.82. The van der Waals surface area contributed by atoms with Crippen LogP contribution in [0.3, 0.4) is 0 Å². The molecule has 1 N–H and O–H groups in total. The third kappa shape index (κ3) is 3.79. The normalized spacial score (nSPS) is 11.1. The summed E-state index contributed by atoms with van der Waals surface area (Å²) in [6.07, 6.45) is 0. The van der Waals surface area contributed by atoms with Crippen LogP contribution in [-0.4, -0.2) is 8.42 Å². The minimum atomic E-state index is -3.89. The highest BCUT2D eigenvalue weighted by Crippen LogP contribution is 2.22. The van der Waals surface area contributed by atoms with Crippen molar-refractivity contribution in [1.29, 1.82) is 5.26 Å². The van der Waals surface area contributed by atoms with Crippen molar-refractivity contribution in [2.24, 2.45) is 0 Å². The summed E-state index contributed by atoms with van der Waals surface area (Å²) < 4.78 is 39.7. The number of halogens is 2. The predicted octanol–water partition coefficient (Wildman–Crippen LogP) is 2.83. The van der Waals surface area contributed by atoms with E-state index in [4.69, 9.17) is 16.9 Å². The van der Waals surface area contributed by atoms with Gasteiger partial charge in [-0.2, -0.15) is 5.26 Å². The maximum atomic E-state index is 13.0. The van der Waals surface area contributed by atoms with Gasteiger partial charge in [0.2, 0.25) is 10.0 Å². The summed E-state index contributed by atoms with van der Waals surface area (Å²) in [6, 6.07) is 11.4. The molecule has 21 heavy (non-hydrogen) atoms. The first-order chi connectivity index (χ1) is 9.92. The van der Waals surface area contributed by atoms with Crippen LogP contribution in [0.2, 0.25) is 5.02 Å². The van der Waals surface area contributed by atoms with E-state index in [0.717, 1.165) is 0 Å². The molecule has 0 fully saturated rings. The molecular formula is C14H10ClFN2O2S. The lowest BCUT2D eigenvalue weighted by Crippen LogP contribution is -2.23. The van der Waals surface area contributed by atoms with Crippen molar-refractivity contribution in [2.45, 2.75) is 11.4 Å². The molecule has 0 aliphatic rings. The lowest BCUT2D eigenvalue weighted by Gasteiger charge is -2.09. The quantitative estimate of drug-likeness (QED) is 0.940. The van der Waals surface area contributed by atoms with Gasteiger partial charge in [-0.3, -0.25) is 0 Å². The number of hydrogen-bond acceptors (Lipinski definition) is 3. The van der Waals surface area contributed by atoms with Crippen molar-refractivity contribution in [3.8, 4) is 6.07 Å². The third-order valence-electron chi connectivity index (χ3n) is 2.71. The van der Waals surface area contributed by atoms with Crippen molar-refractivity contribution in [1.82, 2.24) is 4.72 Å². The predicted molar refractivity (Wildman–Crippen MR) is 76.6 cm³/mol. The summed E-state index contributed by atoms with van der Waals surface area (Å²) >= 11 is 5.86. The van der Waals surface area contributed by atoms with Crippen LogP contribution in [0.15, 0.2) is 47.4 Å². The number of sulfonamides is 1. The van der Waals surface area contributed by atoms with Crippen molar-refractivity contribution in [2.75, 3.05) is 0 Å². The number of hydrogen-bond donors (Lipinski definition) is 1.